The smallest absolute Gasteiger partial charge is 0.251 e. The number of ether oxygens (including phenoxy) is 2. The number of carbonyl (C=O) groups is 1. The molecule has 1 aliphatic carbocycles. The summed E-state index contributed by atoms with van der Waals surface area (Å²) in [7, 11) is 3.41. The van der Waals surface area contributed by atoms with E-state index in [0.717, 1.165) is 35.5 Å². The van der Waals surface area contributed by atoms with Gasteiger partial charge in [-0.3, -0.25) is 9.79 Å². The third-order valence-electron chi connectivity index (χ3n) is 5.52. The first kappa shape index (κ1) is 26.8. The zero-order chi connectivity index (χ0) is 22.8. The van der Waals surface area contributed by atoms with Gasteiger partial charge in [0.1, 0.15) is 0 Å². The number of halogens is 1. The first-order valence-electron chi connectivity index (χ1n) is 11.3. The largest absolute Gasteiger partial charge is 0.493 e. The van der Waals surface area contributed by atoms with E-state index in [9.17, 15) is 4.79 Å². The maximum atomic E-state index is 12.1. The summed E-state index contributed by atoms with van der Waals surface area (Å²) in [5.41, 5.74) is 2.68. The van der Waals surface area contributed by atoms with Crippen molar-refractivity contribution < 1.29 is 14.3 Å². The van der Waals surface area contributed by atoms with E-state index < -0.39 is 0 Å². The van der Waals surface area contributed by atoms with E-state index >= 15 is 0 Å². The van der Waals surface area contributed by atoms with Gasteiger partial charge in [-0.1, -0.05) is 24.3 Å². The molecule has 1 aliphatic rings. The molecule has 0 bridgehead atoms. The van der Waals surface area contributed by atoms with E-state index in [4.69, 9.17) is 9.47 Å². The first-order chi connectivity index (χ1) is 15.6. The van der Waals surface area contributed by atoms with Crippen LogP contribution in [0.5, 0.6) is 11.5 Å². The van der Waals surface area contributed by atoms with Crippen LogP contribution >= 0.6 is 24.0 Å². The summed E-state index contributed by atoms with van der Waals surface area (Å²) in [4.78, 5) is 16.4. The van der Waals surface area contributed by atoms with Gasteiger partial charge >= 0.3 is 0 Å². The minimum absolute atomic E-state index is 0. The van der Waals surface area contributed by atoms with Gasteiger partial charge in [0.25, 0.3) is 5.91 Å². The summed E-state index contributed by atoms with van der Waals surface area (Å²) in [6, 6.07) is 13.5. The highest BCUT2D eigenvalue weighted by molar-refractivity contribution is 14.0. The summed E-state index contributed by atoms with van der Waals surface area (Å²) in [5.74, 6) is 2.16. The highest BCUT2D eigenvalue weighted by Crippen LogP contribution is 2.34. The van der Waals surface area contributed by atoms with Crippen molar-refractivity contribution in [3.63, 3.8) is 0 Å². The minimum Gasteiger partial charge on any atom is -0.493 e. The van der Waals surface area contributed by atoms with E-state index in [0.29, 0.717) is 31.2 Å². The number of guanidine groups is 1. The summed E-state index contributed by atoms with van der Waals surface area (Å²) < 4.78 is 11.9. The van der Waals surface area contributed by atoms with Gasteiger partial charge in [0.2, 0.25) is 0 Å². The number of nitrogens with one attached hydrogen (secondary N) is 3. The number of carbonyl (C=O) groups excluding carboxylic acids is 1. The van der Waals surface area contributed by atoms with Crippen LogP contribution in [0.2, 0.25) is 0 Å². The molecule has 3 N–H and O–H groups in total. The monoisotopic (exact) mass is 566 g/mol. The van der Waals surface area contributed by atoms with E-state index in [2.05, 4.69) is 20.9 Å². The summed E-state index contributed by atoms with van der Waals surface area (Å²) in [6.45, 7) is 3.62. The molecule has 0 radical (unpaired) electrons. The molecular formula is C25H35IN4O3. The standard InChI is InChI=1S/C25H34N4O3.HI/c1-4-27-24(30)19-10-7-9-18(15-19)16-28-25(26-2)29-17-20-11-8-14-22(31-3)23(20)32-21-12-5-6-13-21;/h7-11,14-15,21H,4-6,12-13,16-17H2,1-3H3,(H,27,30)(H2,26,28,29);1H. The number of aliphatic imine (C=N–C) groups is 1. The summed E-state index contributed by atoms with van der Waals surface area (Å²) >= 11 is 0. The normalized spacial score (nSPS) is 13.7. The molecule has 0 heterocycles. The van der Waals surface area contributed by atoms with Gasteiger partial charge in [0, 0.05) is 37.8 Å². The highest BCUT2D eigenvalue weighted by atomic mass is 127. The van der Waals surface area contributed by atoms with E-state index in [1.807, 2.05) is 49.4 Å². The molecule has 0 spiro atoms. The average molecular weight is 566 g/mol. The molecule has 33 heavy (non-hydrogen) atoms. The maximum absolute atomic E-state index is 12.1. The molecule has 0 saturated heterocycles. The van der Waals surface area contributed by atoms with Crippen molar-refractivity contribution in [2.75, 3.05) is 20.7 Å². The second-order valence-corrected chi connectivity index (χ2v) is 7.81. The molecule has 1 amide bonds. The minimum atomic E-state index is -0.0651. The molecule has 0 unspecified atom stereocenters. The van der Waals surface area contributed by atoms with E-state index in [-0.39, 0.29) is 36.0 Å². The molecule has 180 valence electrons. The Morgan fingerprint density at radius 3 is 2.48 bits per heavy atom. The summed E-state index contributed by atoms with van der Waals surface area (Å²) in [6.07, 6.45) is 4.85. The van der Waals surface area contributed by atoms with Crippen molar-refractivity contribution in [2.24, 2.45) is 4.99 Å². The van der Waals surface area contributed by atoms with Gasteiger partial charge in [-0.15, -0.1) is 24.0 Å². The zero-order valence-corrected chi connectivity index (χ0v) is 22.0. The Balaban J connectivity index is 0.00000385. The van der Waals surface area contributed by atoms with Crippen LogP contribution in [0.15, 0.2) is 47.5 Å². The third kappa shape index (κ3) is 7.80. The number of amides is 1. The molecule has 0 aliphatic heterocycles. The van der Waals surface area contributed by atoms with Crippen molar-refractivity contribution in [1.82, 2.24) is 16.0 Å². The van der Waals surface area contributed by atoms with Gasteiger partial charge < -0.3 is 25.4 Å². The van der Waals surface area contributed by atoms with E-state index in [1.54, 1.807) is 14.2 Å². The van der Waals surface area contributed by atoms with Crippen LogP contribution in [0.4, 0.5) is 0 Å². The van der Waals surface area contributed by atoms with Gasteiger partial charge in [0.15, 0.2) is 17.5 Å². The Hall–Kier alpha value is -2.49. The molecule has 2 aromatic rings. The number of hydrogen-bond donors (Lipinski definition) is 3. The Kier molecular flexibility index (Phi) is 11.3. The Labute approximate surface area is 213 Å². The van der Waals surface area contributed by atoms with Gasteiger partial charge in [-0.05, 0) is 56.4 Å². The second-order valence-electron chi connectivity index (χ2n) is 7.81. The molecule has 0 atom stereocenters. The number of benzene rings is 2. The molecule has 0 aromatic heterocycles. The fraction of sp³-hybridized carbons (Fsp3) is 0.440. The van der Waals surface area contributed by atoms with E-state index in [1.165, 1.54) is 12.8 Å². The highest BCUT2D eigenvalue weighted by Gasteiger charge is 2.20. The molecule has 7 nitrogen and oxygen atoms in total. The summed E-state index contributed by atoms with van der Waals surface area (Å²) in [5, 5.41) is 9.49. The molecule has 2 aromatic carbocycles. The lowest BCUT2D eigenvalue weighted by atomic mass is 10.1. The van der Waals surface area contributed by atoms with Crippen LogP contribution in [0.25, 0.3) is 0 Å². The van der Waals surface area contributed by atoms with Crippen LogP contribution in [-0.2, 0) is 13.1 Å². The Bertz CT molecular complexity index is 930. The van der Waals surface area contributed by atoms with Crippen molar-refractivity contribution in [3.05, 3.63) is 59.2 Å². The van der Waals surface area contributed by atoms with Crippen LogP contribution in [0.3, 0.4) is 0 Å². The molecular weight excluding hydrogens is 531 g/mol. The number of nitrogens with zero attached hydrogens (tertiary/aromatic N) is 1. The number of para-hydroxylation sites is 1. The van der Waals surface area contributed by atoms with Crippen LogP contribution in [0.1, 0.15) is 54.1 Å². The Morgan fingerprint density at radius 1 is 1.06 bits per heavy atom. The van der Waals surface area contributed by atoms with Gasteiger partial charge in [-0.25, -0.2) is 0 Å². The lowest BCUT2D eigenvalue weighted by Crippen LogP contribution is -2.36. The van der Waals surface area contributed by atoms with Crippen molar-refractivity contribution >= 4 is 35.8 Å². The molecule has 8 heteroatoms. The maximum Gasteiger partial charge on any atom is 0.251 e. The van der Waals surface area contributed by atoms with Gasteiger partial charge in [0.05, 0.1) is 13.2 Å². The Morgan fingerprint density at radius 2 is 1.79 bits per heavy atom. The van der Waals surface area contributed by atoms with Crippen LogP contribution in [0, 0.1) is 0 Å². The molecule has 3 rings (SSSR count). The topological polar surface area (TPSA) is 84.0 Å². The van der Waals surface area contributed by atoms with Crippen LogP contribution < -0.4 is 25.4 Å². The zero-order valence-electron chi connectivity index (χ0n) is 19.6. The fourth-order valence-electron chi connectivity index (χ4n) is 3.84. The predicted octanol–water partition coefficient (Wildman–Crippen LogP) is 4.25. The lowest BCUT2D eigenvalue weighted by molar-refractivity contribution is 0.0955. The molecule has 1 saturated carbocycles. The SMILES string of the molecule is CCNC(=O)c1cccc(CNC(=NC)NCc2cccc(OC)c2OC2CCCC2)c1.I. The molecule has 1 fully saturated rings. The number of hydrogen-bond acceptors (Lipinski definition) is 4. The quantitative estimate of drug-likeness (QED) is 0.240. The fourth-order valence-corrected chi connectivity index (χ4v) is 3.84. The lowest BCUT2D eigenvalue weighted by Gasteiger charge is -2.20. The number of methoxy groups -OCH3 is 1. The van der Waals surface area contributed by atoms with Gasteiger partial charge in [-0.2, -0.15) is 0 Å². The predicted molar refractivity (Wildman–Crippen MR) is 143 cm³/mol. The average Bonchev–Trinajstić information content (AvgIpc) is 3.33. The van der Waals surface area contributed by atoms with Crippen molar-refractivity contribution in [3.8, 4) is 11.5 Å². The van der Waals surface area contributed by atoms with Crippen molar-refractivity contribution in [1.29, 1.82) is 0 Å². The second kappa shape index (κ2) is 13.9. The first-order valence-corrected chi connectivity index (χ1v) is 11.3. The number of rotatable bonds is 9. The van der Waals surface area contributed by atoms with Crippen LogP contribution in [-0.4, -0.2) is 38.7 Å². The van der Waals surface area contributed by atoms with Crippen molar-refractivity contribution in [2.45, 2.75) is 51.8 Å². The third-order valence-corrected chi connectivity index (χ3v) is 5.52.